The maximum absolute atomic E-state index is 13.6. The molecule has 0 radical (unpaired) electrons. The number of hydrogen-bond donors (Lipinski definition) is 0. The molecule has 10 heteroatoms. The highest BCUT2D eigenvalue weighted by atomic mass is 35.5. The zero-order valence-corrected chi connectivity index (χ0v) is 18.4. The third-order valence-electron chi connectivity index (χ3n) is 4.59. The predicted octanol–water partition coefficient (Wildman–Crippen LogP) is 5.97. The normalized spacial score (nSPS) is 12.3. The first-order chi connectivity index (χ1) is 15.4. The summed E-state index contributed by atoms with van der Waals surface area (Å²) in [4.78, 5) is 21.0. The van der Waals surface area contributed by atoms with Crippen molar-refractivity contribution >= 4 is 39.9 Å². The van der Waals surface area contributed by atoms with Gasteiger partial charge in [0, 0.05) is 10.4 Å². The molecule has 1 unspecified atom stereocenters. The van der Waals surface area contributed by atoms with E-state index in [2.05, 4.69) is 9.97 Å². The fraction of sp³-hybridized carbons (Fsp3) is 0.227. The molecule has 0 aliphatic heterocycles. The fourth-order valence-corrected chi connectivity index (χ4v) is 4.00. The van der Waals surface area contributed by atoms with Gasteiger partial charge in [0.25, 0.3) is 0 Å². The molecule has 0 saturated heterocycles. The van der Waals surface area contributed by atoms with Crippen LogP contribution in [0, 0.1) is 0 Å². The van der Waals surface area contributed by atoms with Crippen molar-refractivity contribution in [1.82, 2.24) is 14.5 Å². The Bertz CT molecular complexity index is 1230. The van der Waals surface area contributed by atoms with Crippen LogP contribution in [0.15, 0.2) is 53.9 Å². The first kappa shape index (κ1) is 22.2. The van der Waals surface area contributed by atoms with Crippen LogP contribution in [0.5, 0.6) is 5.75 Å². The minimum atomic E-state index is -2.81. The smallest absolute Gasteiger partial charge is 0.320 e. The number of fused-ring (bicyclic) bond motifs is 1. The van der Waals surface area contributed by atoms with Crippen molar-refractivity contribution in [2.75, 3.05) is 0 Å². The van der Waals surface area contributed by atoms with Gasteiger partial charge in [-0.15, -0.1) is 11.3 Å². The number of benzene rings is 2. The molecule has 0 bridgehead atoms. The highest BCUT2D eigenvalue weighted by Crippen LogP contribution is 2.28. The van der Waals surface area contributed by atoms with Crippen LogP contribution in [0.25, 0.3) is 11.0 Å². The monoisotopic (exact) mass is 477 g/mol. The summed E-state index contributed by atoms with van der Waals surface area (Å²) in [5, 5.41) is 3.04. The third-order valence-corrected chi connectivity index (χ3v) is 5.71. The van der Waals surface area contributed by atoms with E-state index in [-0.39, 0.29) is 24.4 Å². The summed E-state index contributed by atoms with van der Waals surface area (Å²) >= 11 is 7.20. The first-order valence-corrected chi connectivity index (χ1v) is 10.9. The number of carbonyl (C=O) groups excluding carboxylic acids is 1. The maximum Gasteiger partial charge on any atom is 0.320 e. The summed E-state index contributed by atoms with van der Waals surface area (Å²) in [5.41, 5.74) is 1.21. The second-order valence-electron chi connectivity index (χ2n) is 6.89. The second-order valence-corrected chi connectivity index (χ2v) is 8.27. The molecule has 2 aromatic heterocycles. The summed E-state index contributed by atoms with van der Waals surface area (Å²) in [5.74, 6) is 0.0621. The van der Waals surface area contributed by atoms with Crippen molar-refractivity contribution in [3.63, 3.8) is 0 Å². The molecule has 2 heterocycles. The highest BCUT2D eigenvalue weighted by Gasteiger charge is 2.24. The molecule has 0 aliphatic carbocycles. The molecule has 0 spiro atoms. The van der Waals surface area contributed by atoms with E-state index < -0.39 is 18.6 Å². The maximum atomic E-state index is 13.6. The summed E-state index contributed by atoms with van der Waals surface area (Å²) in [7, 11) is 0. The number of nitrogens with zero attached hydrogens (tertiary/aromatic N) is 3. The molecule has 166 valence electrons. The number of hydrogen-bond acceptors (Lipinski definition) is 6. The van der Waals surface area contributed by atoms with Crippen molar-refractivity contribution in [3.05, 3.63) is 75.5 Å². The van der Waals surface area contributed by atoms with Crippen molar-refractivity contribution in [2.24, 2.45) is 0 Å². The zero-order chi connectivity index (χ0) is 22.7. The molecule has 1 atom stereocenters. The van der Waals surface area contributed by atoms with Gasteiger partial charge in [-0.05, 0) is 43.3 Å². The Balaban J connectivity index is 1.37. The SMILES string of the molecule is CC(OC(=O)Cc1csc(COc2ccc(Cl)cc2)n1)c1nc2ccccc2n1C(F)F. The molecule has 2 aromatic carbocycles. The first-order valence-electron chi connectivity index (χ1n) is 9.67. The van der Waals surface area contributed by atoms with E-state index in [0.717, 1.165) is 4.57 Å². The van der Waals surface area contributed by atoms with E-state index in [1.54, 1.807) is 53.9 Å². The molecule has 0 N–H and O–H groups in total. The van der Waals surface area contributed by atoms with Crippen LogP contribution in [0.3, 0.4) is 0 Å². The predicted molar refractivity (Wildman–Crippen MR) is 117 cm³/mol. The number of alkyl halides is 2. The number of rotatable bonds is 8. The van der Waals surface area contributed by atoms with Crippen LogP contribution in [-0.4, -0.2) is 20.5 Å². The van der Waals surface area contributed by atoms with Gasteiger partial charge in [-0.25, -0.2) is 9.97 Å². The lowest BCUT2D eigenvalue weighted by atomic mass is 10.3. The zero-order valence-electron chi connectivity index (χ0n) is 16.9. The lowest BCUT2D eigenvalue weighted by Crippen LogP contribution is -2.16. The summed E-state index contributed by atoms with van der Waals surface area (Å²) < 4.78 is 39.0. The average Bonchev–Trinajstić information content (AvgIpc) is 3.37. The third kappa shape index (κ3) is 5.05. The van der Waals surface area contributed by atoms with Crippen molar-refractivity contribution in [2.45, 2.75) is 32.6 Å². The molecular weight excluding hydrogens is 460 g/mol. The molecular formula is C22H18ClF2N3O3S. The Morgan fingerprint density at radius 3 is 2.66 bits per heavy atom. The van der Waals surface area contributed by atoms with Crippen molar-refractivity contribution < 1.29 is 23.0 Å². The van der Waals surface area contributed by atoms with Crippen molar-refractivity contribution in [3.8, 4) is 5.75 Å². The number of aromatic nitrogens is 3. The number of carbonyl (C=O) groups is 1. The highest BCUT2D eigenvalue weighted by molar-refractivity contribution is 7.09. The van der Waals surface area contributed by atoms with Gasteiger partial charge >= 0.3 is 12.5 Å². The Morgan fingerprint density at radius 1 is 1.16 bits per heavy atom. The molecule has 0 aliphatic rings. The fourth-order valence-electron chi connectivity index (χ4n) is 3.17. The number of imidazole rings is 1. The Labute approximate surface area is 191 Å². The van der Waals surface area contributed by atoms with E-state index in [4.69, 9.17) is 21.1 Å². The minimum absolute atomic E-state index is 0.00937. The van der Waals surface area contributed by atoms with Gasteiger partial charge < -0.3 is 9.47 Å². The molecule has 4 rings (SSSR count). The van der Waals surface area contributed by atoms with Gasteiger partial charge in [0.1, 0.15) is 17.4 Å². The minimum Gasteiger partial charge on any atom is -0.486 e. The summed E-state index contributed by atoms with van der Waals surface area (Å²) in [6, 6.07) is 13.5. The molecule has 0 saturated carbocycles. The van der Waals surface area contributed by atoms with Crippen LogP contribution in [0.1, 0.15) is 36.1 Å². The molecule has 0 fully saturated rings. The quantitative estimate of drug-likeness (QED) is 0.293. The topological polar surface area (TPSA) is 66.2 Å². The van der Waals surface area contributed by atoms with Crippen LogP contribution in [0.4, 0.5) is 8.78 Å². The number of halogens is 3. The molecule has 32 heavy (non-hydrogen) atoms. The standard InChI is InChI=1S/C22H18ClF2N3O3S/c1-13(21-27-17-4-2-3-5-18(17)28(21)22(24)25)31-20(29)10-15-12-32-19(26-15)11-30-16-8-6-14(23)7-9-16/h2-9,12-13,22H,10-11H2,1H3. The van der Waals surface area contributed by atoms with Gasteiger partial charge in [-0.1, -0.05) is 23.7 Å². The van der Waals surface area contributed by atoms with Crippen molar-refractivity contribution in [1.29, 1.82) is 0 Å². The van der Waals surface area contributed by atoms with E-state index in [1.807, 2.05) is 0 Å². The number of esters is 1. The Hall–Kier alpha value is -3.04. The van der Waals surface area contributed by atoms with Gasteiger partial charge in [-0.2, -0.15) is 8.78 Å². The van der Waals surface area contributed by atoms with Crippen LogP contribution in [-0.2, 0) is 22.6 Å². The number of para-hydroxylation sites is 2. The van der Waals surface area contributed by atoms with Gasteiger partial charge in [-0.3, -0.25) is 9.36 Å². The van der Waals surface area contributed by atoms with E-state index in [1.165, 1.54) is 18.3 Å². The average molecular weight is 478 g/mol. The van der Waals surface area contributed by atoms with E-state index >= 15 is 0 Å². The van der Waals surface area contributed by atoms with E-state index in [0.29, 0.717) is 27.0 Å². The van der Waals surface area contributed by atoms with Crippen LogP contribution >= 0.6 is 22.9 Å². The lowest BCUT2D eigenvalue weighted by Gasteiger charge is -2.14. The Kier molecular flexibility index (Phi) is 6.66. The largest absolute Gasteiger partial charge is 0.486 e. The summed E-state index contributed by atoms with van der Waals surface area (Å²) in [6.45, 7) is -1.04. The lowest BCUT2D eigenvalue weighted by molar-refractivity contribution is -0.148. The number of ether oxygens (including phenoxy) is 2. The molecule has 4 aromatic rings. The van der Waals surface area contributed by atoms with Crippen LogP contribution < -0.4 is 4.74 Å². The van der Waals surface area contributed by atoms with Gasteiger partial charge in [0.15, 0.2) is 11.9 Å². The number of thiazole rings is 1. The van der Waals surface area contributed by atoms with Gasteiger partial charge in [0.2, 0.25) is 0 Å². The summed E-state index contributed by atoms with van der Waals surface area (Å²) in [6.07, 6.45) is -1.04. The molecule has 6 nitrogen and oxygen atoms in total. The second kappa shape index (κ2) is 9.62. The molecule has 0 amide bonds. The Morgan fingerprint density at radius 2 is 1.91 bits per heavy atom. The van der Waals surface area contributed by atoms with Crippen LogP contribution in [0.2, 0.25) is 5.02 Å². The van der Waals surface area contributed by atoms with E-state index in [9.17, 15) is 13.6 Å². The van der Waals surface area contributed by atoms with Gasteiger partial charge in [0.05, 0.1) is 23.1 Å².